The molecule has 0 unspecified atom stereocenters. The summed E-state index contributed by atoms with van der Waals surface area (Å²) >= 11 is 0. The van der Waals surface area contributed by atoms with Crippen LogP contribution in [-0.2, 0) is 16.1 Å². The number of rotatable bonds is 11. The van der Waals surface area contributed by atoms with Crippen molar-refractivity contribution >= 4 is 11.7 Å². The summed E-state index contributed by atoms with van der Waals surface area (Å²) in [6.45, 7) is 4.15. The van der Waals surface area contributed by atoms with Crippen molar-refractivity contribution in [3.63, 3.8) is 0 Å². The summed E-state index contributed by atoms with van der Waals surface area (Å²) in [6.07, 6.45) is 4.75. The molecule has 1 aromatic carbocycles. The van der Waals surface area contributed by atoms with Crippen LogP contribution in [0.2, 0.25) is 0 Å². The fourth-order valence-electron chi connectivity index (χ4n) is 2.39. The van der Waals surface area contributed by atoms with Crippen molar-refractivity contribution in [2.75, 3.05) is 0 Å². The summed E-state index contributed by atoms with van der Waals surface area (Å²) in [5.41, 5.74) is 0.674. The Kier molecular flexibility index (Phi) is 9.01. The molecule has 2 atom stereocenters. The van der Waals surface area contributed by atoms with Gasteiger partial charge in [-0.15, -0.1) is 0 Å². The highest BCUT2D eigenvalue weighted by Gasteiger charge is 2.18. The maximum atomic E-state index is 11.8. The van der Waals surface area contributed by atoms with Crippen LogP contribution in [0.3, 0.4) is 0 Å². The van der Waals surface area contributed by atoms with E-state index in [1.165, 1.54) is 25.0 Å². The van der Waals surface area contributed by atoms with Crippen LogP contribution in [-0.4, -0.2) is 22.1 Å². The largest absolute Gasteiger partial charge is 0.461 e. The number of benzene rings is 1. The van der Waals surface area contributed by atoms with Gasteiger partial charge in [0.1, 0.15) is 6.61 Å². The number of aliphatic hydroxyl groups is 1. The first-order valence-electron chi connectivity index (χ1n) is 8.51. The quantitative estimate of drug-likeness (QED) is 0.285. The van der Waals surface area contributed by atoms with E-state index in [0.717, 1.165) is 19.3 Å². The average molecular weight is 337 g/mol. The number of hydrogen-bond acceptors (Lipinski definition) is 5. The molecule has 134 valence electrons. The van der Waals surface area contributed by atoms with E-state index in [4.69, 9.17) is 4.74 Å². The first-order valence-corrected chi connectivity index (χ1v) is 8.51. The molecule has 6 nitrogen and oxygen atoms in total. The van der Waals surface area contributed by atoms with Crippen LogP contribution in [0.1, 0.15) is 57.9 Å². The van der Waals surface area contributed by atoms with Gasteiger partial charge in [-0.1, -0.05) is 39.5 Å². The van der Waals surface area contributed by atoms with E-state index in [-0.39, 0.29) is 24.6 Å². The zero-order valence-corrected chi connectivity index (χ0v) is 14.4. The number of esters is 1. The first-order chi connectivity index (χ1) is 11.4. The minimum absolute atomic E-state index is 0.00241. The normalized spacial score (nSPS) is 13.3. The molecule has 0 aromatic heterocycles. The predicted octanol–water partition coefficient (Wildman–Crippen LogP) is 4.00. The maximum Gasteiger partial charge on any atom is 0.308 e. The summed E-state index contributed by atoms with van der Waals surface area (Å²) in [4.78, 5) is 21.9. The van der Waals surface area contributed by atoms with Gasteiger partial charge in [-0.25, -0.2) is 0 Å². The van der Waals surface area contributed by atoms with Crippen LogP contribution in [0.25, 0.3) is 0 Å². The first kappa shape index (κ1) is 20.1. The highest BCUT2D eigenvalue weighted by molar-refractivity contribution is 5.70. The van der Waals surface area contributed by atoms with Gasteiger partial charge in [0.2, 0.25) is 0 Å². The van der Waals surface area contributed by atoms with Gasteiger partial charge in [-0.3, -0.25) is 14.9 Å². The molecule has 0 amide bonds. The van der Waals surface area contributed by atoms with Gasteiger partial charge < -0.3 is 9.84 Å². The third kappa shape index (κ3) is 7.55. The lowest BCUT2D eigenvalue weighted by Crippen LogP contribution is -2.22. The lowest BCUT2D eigenvalue weighted by molar-refractivity contribution is -0.384. The van der Waals surface area contributed by atoms with Crippen LogP contribution >= 0.6 is 0 Å². The van der Waals surface area contributed by atoms with E-state index in [1.54, 1.807) is 12.1 Å². The molecule has 0 saturated heterocycles. The van der Waals surface area contributed by atoms with Crippen molar-refractivity contribution in [2.24, 2.45) is 5.92 Å². The second-order valence-corrected chi connectivity index (χ2v) is 6.18. The van der Waals surface area contributed by atoms with E-state index in [9.17, 15) is 20.0 Å². The molecule has 0 spiro atoms. The second kappa shape index (κ2) is 10.8. The van der Waals surface area contributed by atoms with E-state index in [0.29, 0.717) is 5.56 Å². The van der Waals surface area contributed by atoms with Gasteiger partial charge in [0.25, 0.3) is 5.69 Å². The molecule has 0 heterocycles. The third-order valence-corrected chi connectivity index (χ3v) is 4.09. The predicted molar refractivity (Wildman–Crippen MR) is 91.4 cm³/mol. The highest BCUT2D eigenvalue weighted by atomic mass is 16.6. The fraction of sp³-hybridized carbons (Fsp3) is 0.611. The number of carbonyl (C=O) groups excluding carboxylic acids is 1. The number of hydrogen-bond donors (Lipinski definition) is 1. The smallest absolute Gasteiger partial charge is 0.308 e. The summed E-state index contributed by atoms with van der Waals surface area (Å²) < 4.78 is 5.12. The summed E-state index contributed by atoms with van der Waals surface area (Å²) in [5.74, 6) is -0.393. The van der Waals surface area contributed by atoms with Gasteiger partial charge in [0.15, 0.2) is 0 Å². The molecule has 24 heavy (non-hydrogen) atoms. The SMILES string of the molecule is CCCCCC[C@@H](C)[C@H](O)CC(=O)OCc1ccc([N+](=O)[O-])cc1. The topological polar surface area (TPSA) is 89.7 Å². The van der Waals surface area contributed by atoms with Crippen LogP contribution < -0.4 is 0 Å². The Hall–Kier alpha value is -1.95. The van der Waals surface area contributed by atoms with Crippen LogP contribution in [0, 0.1) is 16.0 Å². The minimum atomic E-state index is -0.698. The lowest BCUT2D eigenvalue weighted by atomic mass is 9.95. The number of ether oxygens (including phenoxy) is 1. The van der Waals surface area contributed by atoms with E-state index in [1.807, 2.05) is 6.92 Å². The van der Waals surface area contributed by atoms with Crippen LogP contribution in [0.4, 0.5) is 5.69 Å². The van der Waals surface area contributed by atoms with E-state index in [2.05, 4.69) is 6.92 Å². The fourth-order valence-corrected chi connectivity index (χ4v) is 2.39. The number of unbranched alkanes of at least 4 members (excludes halogenated alkanes) is 3. The van der Waals surface area contributed by atoms with Gasteiger partial charge >= 0.3 is 5.97 Å². The van der Waals surface area contributed by atoms with Crippen molar-refractivity contribution in [1.29, 1.82) is 0 Å². The molecule has 1 aromatic rings. The van der Waals surface area contributed by atoms with Crippen molar-refractivity contribution in [3.05, 3.63) is 39.9 Å². The van der Waals surface area contributed by atoms with Crippen LogP contribution in [0.5, 0.6) is 0 Å². The Bertz CT molecular complexity index is 515. The zero-order valence-electron chi connectivity index (χ0n) is 14.4. The minimum Gasteiger partial charge on any atom is -0.461 e. The average Bonchev–Trinajstić information content (AvgIpc) is 2.57. The number of carbonyl (C=O) groups is 1. The summed E-state index contributed by atoms with van der Waals surface area (Å²) in [5, 5.41) is 20.6. The summed E-state index contributed by atoms with van der Waals surface area (Å²) in [7, 11) is 0. The molecule has 0 aliphatic heterocycles. The molecule has 1 N–H and O–H groups in total. The summed E-state index contributed by atoms with van der Waals surface area (Å²) in [6, 6.07) is 5.85. The highest BCUT2D eigenvalue weighted by Crippen LogP contribution is 2.17. The molecule has 0 aliphatic carbocycles. The standard InChI is InChI=1S/C18H27NO5/c1-3-4-5-6-7-14(2)17(20)12-18(21)24-13-15-8-10-16(11-9-15)19(22)23/h8-11,14,17,20H,3-7,12-13H2,1-2H3/t14-,17-/m1/s1. The molecule has 1 rings (SSSR count). The second-order valence-electron chi connectivity index (χ2n) is 6.18. The molecule has 6 heteroatoms. The van der Waals surface area contributed by atoms with E-state index >= 15 is 0 Å². The molecule has 0 saturated carbocycles. The van der Waals surface area contributed by atoms with Crippen molar-refractivity contribution < 1.29 is 19.6 Å². The Morgan fingerprint density at radius 2 is 1.92 bits per heavy atom. The Labute approximate surface area is 143 Å². The van der Waals surface area contributed by atoms with Crippen LogP contribution in [0.15, 0.2) is 24.3 Å². The number of nitrogens with zero attached hydrogens (tertiary/aromatic N) is 1. The molecule has 0 radical (unpaired) electrons. The Morgan fingerprint density at radius 1 is 1.25 bits per heavy atom. The van der Waals surface area contributed by atoms with Gasteiger partial charge in [-0.2, -0.15) is 0 Å². The Morgan fingerprint density at radius 3 is 2.50 bits per heavy atom. The zero-order chi connectivity index (χ0) is 17.9. The molecular formula is C18H27NO5. The number of nitro groups is 1. The lowest BCUT2D eigenvalue weighted by Gasteiger charge is -2.18. The molecule has 0 aliphatic rings. The molecular weight excluding hydrogens is 310 g/mol. The number of nitro benzene ring substituents is 1. The van der Waals surface area contributed by atoms with Crippen molar-refractivity contribution in [2.45, 2.75) is 65.1 Å². The maximum absolute atomic E-state index is 11.8. The Balaban J connectivity index is 2.30. The number of non-ortho nitro benzene ring substituents is 1. The van der Waals surface area contributed by atoms with Crippen molar-refractivity contribution in [1.82, 2.24) is 0 Å². The third-order valence-electron chi connectivity index (χ3n) is 4.09. The molecule has 0 fully saturated rings. The van der Waals surface area contributed by atoms with Crippen molar-refractivity contribution in [3.8, 4) is 0 Å². The number of aliphatic hydroxyl groups excluding tert-OH is 1. The molecule has 0 bridgehead atoms. The van der Waals surface area contributed by atoms with E-state index < -0.39 is 17.0 Å². The van der Waals surface area contributed by atoms with Gasteiger partial charge in [0.05, 0.1) is 17.4 Å². The van der Waals surface area contributed by atoms with Gasteiger partial charge in [0, 0.05) is 12.1 Å². The monoisotopic (exact) mass is 337 g/mol. The van der Waals surface area contributed by atoms with Gasteiger partial charge in [-0.05, 0) is 30.0 Å².